The van der Waals surface area contributed by atoms with Crippen LogP contribution in [0.25, 0.3) is 10.4 Å². The van der Waals surface area contributed by atoms with Crippen LogP contribution >= 0.6 is 11.3 Å². The van der Waals surface area contributed by atoms with Crippen molar-refractivity contribution in [1.29, 1.82) is 0 Å². The van der Waals surface area contributed by atoms with Crippen molar-refractivity contribution in [2.24, 2.45) is 0 Å². The van der Waals surface area contributed by atoms with Crippen LogP contribution in [-0.2, 0) is 5.41 Å². The number of carboxylic acids is 1. The summed E-state index contributed by atoms with van der Waals surface area (Å²) in [6.45, 7) is 8.45. The summed E-state index contributed by atoms with van der Waals surface area (Å²) in [5, 5.41) is 10.9. The number of hydrogen-bond acceptors (Lipinski definition) is 3. The predicted octanol–water partition coefficient (Wildman–Crippen LogP) is 3.38. The lowest BCUT2D eigenvalue weighted by atomic mass is 9.86. The molecule has 0 atom stereocenters. The molecule has 0 unspecified atom stereocenters. The van der Waals surface area contributed by atoms with Crippen LogP contribution in [0.5, 0.6) is 0 Å². The zero-order valence-corrected chi connectivity index (χ0v) is 12.4. The summed E-state index contributed by atoms with van der Waals surface area (Å²) in [6, 6.07) is 9.99. The van der Waals surface area contributed by atoms with E-state index in [1.54, 1.807) is 6.07 Å². The van der Waals surface area contributed by atoms with Gasteiger partial charge in [0.25, 0.3) is 0 Å². The molecule has 0 fully saturated rings. The van der Waals surface area contributed by atoms with Gasteiger partial charge in [0.15, 0.2) is 0 Å². The third-order valence-electron chi connectivity index (χ3n) is 3.13. The minimum absolute atomic E-state index is 0.124. The van der Waals surface area contributed by atoms with Crippen molar-refractivity contribution in [2.75, 3.05) is 0 Å². The van der Waals surface area contributed by atoms with Gasteiger partial charge in [-0.25, -0.2) is 0 Å². The molecule has 2 nitrogen and oxygen atoms in total. The Labute approximate surface area is 117 Å². The number of hydrogen-bond donors (Lipinski definition) is 0. The second-order valence-corrected chi connectivity index (χ2v) is 6.79. The maximum Gasteiger partial charge on any atom is 0.0815 e. The fourth-order valence-corrected chi connectivity index (χ4v) is 3.00. The summed E-state index contributed by atoms with van der Waals surface area (Å²) in [6.07, 6.45) is 0. The Bertz CT molecular complexity index is 601. The SMILES string of the molecule is Cc1cc(C(=O)[O-])sc1-c1ccc(C(C)(C)C)cc1. The molecule has 2 rings (SSSR count). The molecule has 0 aliphatic rings. The molecule has 100 valence electrons. The van der Waals surface area contributed by atoms with Gasteiger partial charge in [-0.3, -0.25) is 0 Å². The largest absolute Gasteiger partial charge is 0.544 e. The summed E-state index contributed by atoms with van der Waals surface area (Å²) in [5.74, 6) is -1.11. The summed E-state index contributed by atoms with van der Waals surface area (Å²) in [7, 11) is 0. The normalized spacial score (nSPS) is 11.6. The van der Waals surface area contributed by atoms with Gasteiger partial charge >= 0.3 is 0 Å². The number of thiophene rings is 1. The average molecular weight is 273 g/mol. The minimum Gasteiger partial charge on any atom is -0.544 e. The highest BCUT2D eigenvalue weighted by Crippen LogP contribution is 2.33. The molecule has 2 aromatic rings. The maximum absolute atomic E-state index is 10.9. The van der Waals surface area contributed by atoms with Gasteiger partial charge in [0.2, 0.25) is 0 Å². The maximum atomic E-state index is 10.9. The predicted molar refractivity (Wildman–Crippen MR) is 77.5 cm³/mol. The van der Waals surface area contributed by atoms with E-state index in [0.717, 1.165) is 16.0 Å². The number of carbonyl (C=O) groups excluding carboxylic acids is 1. The van der Waals surface area contributed by atoms with Gasteiger partial charge in [-0.15, -0.1) is 11.3 Å². The van der Waals surface area contributed by atoms with E-state index < -0.39 is 5.97 Å². The smallest absolute Gasteiger partial charge is 0.0815 e. The minimum atomic E-state index is -1.11. The first-order chi connectivity index (χ1) is 8.79. The molecule has 0 aliphatic heterocycles. The van der Waals surface area contributed by atoms with E-state index in [4.69, 9.17) is 0 Å². The van der Waals surface area contributed by atoms with Crippen LogP contribution in [0.3, 0.4) is 0 Å². The van der Waals surface area contributed by atoms with Crippen molar-refractivity contribution >= 4 is 17.3 Å². The lowest BCUT2D eigenvalue weighted by molar-refractivity contribution is -0.254. The molecule has 0 bridgehead atoms. The zero-order valence-electron chi connectivity index (χ0n) is 11.6. The molecule has 0 aliphatic carbocycles. The van der Waals surface area contributed by atoms with E-state index in [9.17, 15) is 9.90 Å². The van der Waals surface area contributed by atoms with Gasteiger partial charge in [0, 0.05) is 4.88 Å². The van der Waals surface area contributed by atoms with Gasteiger partial charge in [-0.05, 0) is 35.1 Å². The van der Waals surface area contributed by atoms with Crippen molar-refractivity contribution < 1.29 is 9.90 Å². The molecular formula is C16H17O2S-. The van der Waals surface area contributed by atoms with Gasteiger partial charge in [0.1, 0.15) is 0 Å². The molecule has 1 heterocycles. The Kier molecular flexibility index (Phi) is 3.50. The van der Waals surface area contributed by atoms with Gasteiger partial charge in [-0.2, -0.15) is 0 Å². The van der Waals surface area contributed by atoms with E-state index >= 15 is 0 Å². The second-order valence-electron chi connectivity index (χ2n) is 5.74. The molecule has 0 saturated carbocycles. The first-order valence-electron chi connectivity index (χ1n) is 6.22. The Balaban J connectivity index is 2.40. The monoisotopic (exact) mass is 273 g/mol. The number of aromatic carboxylic acids is 1. The van der Waals surface area contributed by atoms with Gasteiger partial charge < -0.3 is 9.90 Å². The van der Waals surface area contributed by atoms with Crippen LogP contribution in [-0.4, -0.2) is 5.97 Å². The Morgan fingerprint density at radius 2 is 1.74 bits per heavy atom. The van der Waals surface area contributed by atoms with Crippen LogP contribution in [0.1, 0.15) is 41.6 Å². The van der Waals surface area contributed by atoms with E-state index in [2.05, 4.69) is 45.0 Å². The third-order valence-corrected chi connectivity index (χ3v) is 4.40. The standard InChI is InChI=1S/C16H18O2S/c1-10-9-13(15(17)18)19-14(10)11-5-7-12(8-6-11)16(2,3)4/h5-9H,1-4H3,(H,17,18)/p-1. The van der Waals surface area contributed by atoms with Crippen molar-refractivity contribution in [3.8, 4) is 10.4 Å². The Morgan fingerprint density at radius 3 is 2.16 bits per heavy atom. The second kappa shape index (κ2) is 4.82. The highest BCUT2D eigenvalue weighted by atomic mass is 32.1. The number of aryl methyl sites for hydroxylation is 1. The fraction of sp³-hybridized carbons (Fsp3) is 0.312. The summed E-state index contributed by atoms with van der Waals surface area (Å²) in [4.78, 5) is 12.2. The fourth-order valence-electron chi connectivity index (χ4n) is 1.99. The van der Waals surface area contributed by atoms with E-state index in [1.807, 2.05) is 6.92 Å². The summed E-state index contributed by atoms with van der Waals surface area (Å²) < 4.78 is 0. The quantitative estimate of drug-likeness (QED) is 0.841. The van der Waals surface area contributed by atoms with E-state index in [-0.39, 0.29) is 10.3 Å². The molecule has 0 amide bonds. The van der Waals surface area contributed by atoms with Crippen LogP contribution in [0.2, 0.25) is 0 Å². The number of carbonyl (C=O) groups is 1. The van der Waals surface area contributed by atoms with Crippen molar-refractivity contribution in [2.45, 2.75) is 33.1 Å². The van der Waals surface area contributed by atoms with Crippen molar-refractivity contribution in [3.63, 3.8) is 0 Å². The molecule has 0 N–H and O–H groups in total. The van der Waals surface area contributed by atoms with Crippen LogP contribution in [0.15, 0.2) is 30.3 Å². The van der Waals surface area contributed by atoms with E-state index in [1.165, 1.54) is 16.9 Å². The van der Waals surface area contributed by atoms with Crippen molar-refractivity contribution in [1.82, 2.24) is 0 Å². The third kappa shape index (κ3) is 2.87. The lowest BCUT2D eigenvalue weighted by Gasteiger charge is -2.19. The van der Waals surface area contributed by atoms with Gasteiger partial charge in [-0.1, -0.05) is 45.0 Å². The number of rotatable bonds is 2. The van der Waals surface area contributed by atoms with Crippen molar-refractivity contribution in [3.05, 3.63) is 46.3 Å². The Morgan fingerprint density at radius 1 is 1.16 bits per heavy atom. The summed E-state index contributed by atoms with van der Waals surface area (Å²) >= 11 is 1.27. The number of carboxylic acid groups (broad SMARTS) is 1. The molecule has 3 heteroatoms. The topological polar surface area (TPSA) is 40.1 Å². The average Bonchev–Trinajstić information content (AvgIpc) is 2.70. The van der Waals surface area contributed by atoms with Gasteiger partial charge in [0.05, 0.1) is 10.8 Å². The highest BCUT2D eigenvalue weighted by Gasteiger charge is 2.14. The first-order valence-corrected chi connectivity index (χ1v) is 7.03. The molecule has 0 saturated heterocycles. The summed E-state index contributed by atoms with van der Waals surface area (Å²) in [5.41, 5.74) is 3.43. The van der Waals surface area contributed by atoms with Crippen LogP contribution in [0.4, 0.5) is 0 Å². The Hall–Kier alpha value is -1.61. The molecular weight excluding hydrogens is 256 g/mol. The van der Waals surface area contributed by atoms with Crippen LogP contribution in [0, 0.1) is 6.92 Å². The number of benzene rings is 1. The van der Waals surface area contributed by atoms with E-state index in [0.29, 0.717) is 0 Å². The highest BCUT2D eigenvalue weighted by molar-refractivity contribution is 7.17. The molecule has 19 heavy (non-hydrogen) atoms. The molecule has 0 spiro atoms. The lowest BCUT2D eigenvalue weighted by Crippen LogP contribution is -2.20. The zero-order chi connectivity index (χ0) is 14.2. The first kappa shape index (κ1) is 13.8. The molecule has 0 radical (unpaired) electrons. The van der Waals surface area contributed by atoms with Crippen LogP contribution < -0.4 is 5.11 Å². The molecule has 1 aromatic heterocycles. The molecule has 1 aromatic carbocycles.